The largest absolute Gasteiger partial charge is 0.396 e. The highest BCUT2D eigenvalue weighted by Gasteiger charge is 2.51. The number of nitrogens with zero attached hydrogens (tertiary/aromatic N) is 3. The summed E-state index contributed by atoms with van der Waals surface area (Å²) in [4.78, 5) is 4.43. The van der Waals surface area contributed by atoms with Gasteiger partial charge in [0.25, 0.3) is 0 Å². The third-order valence-electron chi connectivity index (χ3n) is 4.61. The second-order valence-corrected chi connectivity index (χ2v) is 6.83. The SMILES string of the molecule is CC(C)Cn1ncnc1CC1(CO)CCOC1C1CC1. The zero-order valence-corrected chi connectivity index (χ0v) is 12.5. The molecule has 2 fully saturated rings. The van der Waals surface area contributed by atoms with Crippen LogP contribution in [-0.4, -0.2) is 39.2 Å². The van der Waals surface area contributed by atoms with Crippen LogP contribution >= 0.6 is 0 Å². The van der Waals surface area contributed by atoms with E-state index in [1.54, 1.807) is 6.33 Å². The molecule has 0 spiro atoms. The Morgan fingerprint density at radius 1 is 1.50 bits per heavy atom. The number of aromatic nitrogens is 3. The number of hydrogen-bond donors (Lipinski definition) is 1. The Labute approximate surface area is 120 Å². The molecule has 2 unspecified atom stereocenters. The molecule has 0 aromatic carbocycles. The maximum atomic E-state index is 10.00. The highest BCUT2D eigenvalue weighted by Crippen LogP contribution is 2.49. The molecule has 1 N–H and O–H groups in total. The van der Waals surface area contributed by atoms with Gasteiger partial charge in [-0.05, 0) is 31.1 Å². The Bertz CT molecular complexity index is 456. The lowest BCUT2D eigenvalue weighted by Crippen LogP contribution is -2.39. The summed E-state index contributed by atoms with van der Waals surface area (Å²) >= 11 is 0. The van der Waals surface area contributed by atoms with Crippen LogP contribution in [0.25, 0.3) is 0 Å². The van der Waals surface area contributed by atoms with Crippen LogP contribution in [0.1, 0.15) is 38.9 Å². The van der Waals surface area contributed by atoms with E-state index in [0.29, 0.717) is 11.8 Å². The maximum Gasteiger partial charge on any atom is 0.138 e. The molecule has 1 aliphatic heterocycles. The van der Waals surface area contributed by atoms with Gasteiger partial charge in [-0.2, -0.15) is 5.10 Å². The minimum Gasteiger partial charge on any atom is -0.396 e. The molecular formula is C15H25N3O2. The van der Waals surface area contributed by atoms with Crippen LogP contribution < -0.4 is 0 Å². The molecule has 20 heavy (non-hydrogen) atoms. The summed E-state index contributed by atoms with van der Waals surface area (Å²) in [5, 5.41) is 14.3. The van der Waals surface area contributed by atoms with E-state index in [2.05, 4.69) is 23.9 Å². The van der Waals surface area contributed by atoms with Crippen molar-refractivity contribution in [1.82, 2.24) is 14.8 Å². The first-order valence-corrected chi connectivity index (χ1v) is 7.74. The number of aliphatic hydroxyl groups is 1. The van der Waals surface area contributed by atoms with Crippen LogP contribution in [0.3, 0.4) is 0 Å². The highest BCUT2D eigenvalue weighted by molar-refractivity contribution is 5.04. The zero-order chi connectivity index (χ0) is 14.2. The van der Waals surface area contributed by atoms with Gasteiger partial charge in [0.05, 0.1) is 12.7 Å². The van der Waals surface area contributed by atoms with Crippen LogP contribution in [0, 0.1) is 17.3 Å². The van der Waals surface area contributed by atoms with Crippen molar-refractivity contribution in [3.8, 4) is 0 Å². The zero-order valence-electron chi connectivity index (χ0n) is 12.5. The fourth-order valence-electron chi connectivity index (χ4n) is 3.40. The summed E-state index contributed by atoms with van der Waals surface area (Å²) in [6.07, 6.45) is 6.02. The van der Waals surface area contributed by atoms with Gasteiger partial charge in [0.15, 0.2) is 0 Å². The molecule has 5 nitrogen and oxygen atoms in total. The molecule has 0 amide bonds. The molecule has 0 radical (unpaired) electrons. The molecule has 1 saturated carbocycles. The monoisotopic (exact) mass is 279 g/mol. The van der Waals surface area contributed by atoms with E-state index in [4.69, 9.17) is 4.74 Å². The average Bonchev–Trinajstić information content (AvgIpc) is 3.04. The fraction of sp³-hybridized carbons (Fsp3) is 0.867. The van der Waals surface area contributed by atoms with Gasteiger partial charge in [0, 0.05) is 25.0 Å². The Balaban J connectivity index is 1.79. The molecule has 1 aromatic rings. The van der Waals surface area contributed by atoms with E-state index in [-0.39, 0.29) is 18.1 Å². The summed E-state index contributed by atoms with van der Waals surface area (Å²) in [6.45, 7) is 6.19. The molecule has 2 aliphatic rings. The normalized spacial score (nSPS) is 30.3. The first kappa shape index (κ1) is 14.0. The van der Waals surface area contributed by atoms with Crippen LogP contribution in [-0.2, 0) is 17.7 Å². The van der Waals surface area contributed by atoms with Gasteiger partial charge in [-0.25, -0.2) is 9.67 Å². The van der Waals surface area contributed by atoms with Crippen molar-refractivity contribution in [2.24, 2.45) is 17.3 Å². The average molecular weight is 279 g/mol. The van der Waals surface area contributed by atoms with Crippen LogP contribution in [0.2, 0.25) is 0 Å². The second-order valence-electron chi connectivity index (χ2n) is 6.83. The van der Waals surface area contributed by atoms with Gasteiger partial charge in [0.2, 0.25) is 0 Å². The molecule has 1 aromatic heterocycles. The van der Waals surface area contributed by atoms with Crippen molar-refractivity contribution >= 4 is 0 Å². The highest BCUT2D eigenvalue weighted by atomic mass is 16.5. The summed E-state index contributed by atoms with van der Waals surface area (Å²) in [6, 6.07) is 0. The van der Waals surface area contributed by atoms with Gasteiger partial charge in [-0.3, -0.25) is 0 Å². The predicted octanol–water partition coefficient (Wildman–Crippen LogP) is 1.65. The number of aliphatic hydroxyl groups excluding tert-OH is 1. The van der Waals surface area contributed by atoms with Gasteiger partial charge >= 0.3 is 0 Å². The topological polar surface area (TPSA) is 60.2 Å². The van der Waals surface area contributed by atoms with E-state index in [1.807, 2.05) is 4.68 Å². The van der Waals surface area contributed by atoms with Gasteiger partial charge < -0.3 is 9.84 Å². The predicted molar refractivity (Wildman–Crippen MR) is 75.2 cm³/mol. The standard InChI is InChI=1S/C15H25N3O2/c1-11(2)8-18-13(16-10-17-18)7-15(9-19)5-6-20-14(15)12-3-4-12/h10-12,14,19H,3-9H2,1-2H3. The summed E-state index contributed by atoms with van der Waals surface area (Å²) in [5.74, 6) is 2.18. The van der Waals surface area contributed by atoms with E-state index >= 15 is 0 Å². The number of hydrogen-bond acceptors (Lipinski definition) is 4. The molecule has 0 bridgehead atoms. The third-order valence-corrected chi connectivity index (χ3v) is 4.61. The lowest BCUT2D eigenvalue weighted by Gasteiger charge is -2.32. The molecule has 1 saturated heterocycles. The Morgan fingerprint density at radius 3 is 2.95 bits per heavy atom. The molecular weight excluding hydrogens is 254 g/mol. The molecule has 1 aliphatic carbocycles. The van der Waals surface area contributed by atoms with Crippen molar-refractivity contribution < 1.29 is 9.84 Å². The van der Waals surface area contributed by atoms with Crippen molar-refractivity contribution in [3.63, 3.8) is 0 Å². The smallest absolute Gasteiger partial charge is 0.138 e. The van der Waals surface area contributed by atoms with Crippen LogP contribution in [0.5, 0.6) is 0 Å². The van der Waals surface area contributed by atoms with Crippen LogP contribution in [0.15, 0.2) is 6.33 Å². The molecule has 5 heteroatoms. The van der Waals surface area contributed by atoms with Gasteiger partial charge in [0.1, 0.15) is 12.2 Å². The molecule has 2 heterocycles. The van der Waals surface area contributed by atoms with Crippen molar-refractivity contribution in [3.05, 3.63) is 12.2 Å². The number of ether oxygens (including phenoxy) is 1. The summed E-state index contributed by atoms with van der Waals surface area (Å²) in [5.41, 5.74) is -0.150. The quantitative estimate of drug-likeness (QED) is 0.860. The van der Waals surface area contributed by atoms with Gasteiger partial charge in [-0.15, -0.1) is 0 Å². The fourth-order valence-corrected chi connectivity index (χ4v) is 3.40. The molecule has 3 rings (SSSR count). The number of rotatable bonds is 6. The minimum absolute atomic E-state index is 0.150. The Kier molecular flexibility index (Phi) is 3.82. The summed E-state index contributed by atoms with van der Waals surface area (Å²) in [7, 11) is 0. The van der Waals surface area contributed by atoms with E-state index in [1.165, 1.54) is 12.8 Å². The Morgan fingerprint density at radius 2 is 2.30 bits per heavy atom. The lowest BCUT2D eigenvalue weighted by atomic mass is 9.76. The first-order valence-electron chi connectivity index (χ1n) is 7.74. The van der Waals surface area contributed by atoms with Crippen molar-refractivity contribution in [1.29, 1.82) is 0 Å². The van der Waals surface area contributed by atoms with Crippen molar-refractivity contribution in [2.75, 3.05) is 13.2 Å². The molecule has 112 valence electrons. The van der Waals surface area contributed by atoms with E-state index in [9.17, 15) is 5.11 Å². The second kappa shape index (κ2) is 5.45. The van der Waals surface area contributed by atoms with Crippen molar-refractivity contribution in [2.45, 2.75) is 52.2 Å². The maximum absolute atomic E-state index is 10.00. The van der Waals surface area contributed by atoms with E-state index in [0.717, 1.165) is 31.8 Å². The third kappa shape index (κ3) is 2.61. The van der Waals surface area contributed by atoms with Gasteiger partial charge in [-0.1, -0.05) is 13.8 Å². The lowest BCUT2D eigenvalue weighted by molar-refractivity contribution is -0.000998. The van der Waals surface area contributed by atoms with Crippen LogP contribution in [0.4, 0.5) is 0 Å². The summed E-state index contributed by atoms with van der Waals surface area (Å²) < 4.78 is 7.93. The molecule has 2 atom stereocenters. The first-order chi connectivity index (χ1) is 9.64. The Hall–Kier alpha value is -0.940. The van der Waals surface area contributed by atoms with E-state index < -0.39 is 0 Å². The minimum atomic E-state index is -0.150.